The van der Waals surface area contributed by atoms with Crippen molar-refractivity contribution in [2.45, 2.75) is 6.61 Å². The highest BCUT2D eigenvalue weighted by atomic mass is 127. The molecule has 0 aliphatic carbocycles. The molecule has 0 fully saturated rings. The summed E-state index contributed by atoms with van der Waals surface area (Å²) in [5, 5.41) is 0.209. The second kappa shape index (κ2) is 9.16. The van der Waals surface area contributed by atoms with Gasteiger partial charge in [0.2, 0.25) is 0 Å². The fourth-order valence-corrected chi connectivity index (χ4v) is 4.14. The summed E-state index contributed by atoms with van der Waals surface area (Å²) in [6.07, 6.45) is 5.25. The first kappa shape index (κ1) is 20.4. The molecule has 3 nitrogen and oxygen atoms in total. The third-order valence-corrected chi connectivity index (χ3v) is 5.28. The van der Waals surface area contributed by atoms with Crippen LogP contribution in [0.25, 0.3) is 11.3 Å². The second-order valence-corrected chi connectivity index (χ2v) is 7.66. The SMILES string of the molecule is C#CC(=C)COCc1nc(-c2ccc(Cl)c(OC)c2F)c(I)cc1I. The molecule has 0 radical (unpaired) electrons. The molecule has 7 heteroatoms. The van der Waals surface area contributed by atoms with Crippen LogP contribution in [0.3, 0.4) is 0 Å². The number of nitrogens with zero attached hydrogens (tertiary/aromatic N) is 1. The van der Waals surface area contributed by atoms with Crippen molar-refractivity contribution in [3.63, 3.8) is 0 Å². The van der Waals surface area contributed by atoms with Gasteiger partial charge >= 0.3 is 0 Å². The van der Waals surface area contributed by atoms with Crippen LogP contribution in [0.1, 0.15) is 5.69 Å². The summed E-state index contributed by atoms with van der Waals surface area (Å²) in [7, 11) is 1.37. The van der Waals surface area contributed by atoms with Gasteiger partial charge in [0.15, 0.2) is 11.6 Å². The van der Waals surface area contributed by atoms with E-state index in [4.69, 9.17) is 27.5 Å². The maximum absolute atomic E-state index is 14.7. The average molecular weight is 584 g/mol. The Morgan fingerprint density at radius 2 is 2.12 bits per heavy atom. The van der Waals surface area contributed by atoms with Gasteiger partial charge in [-0.3, -0.25) is 0 Å². The van der Waals surface area contributed by atoms with Gasteiger partial charge in [-0.15, -0.1) is 6.42 Å². The molecule has 25 heavy (non-hydrogen) atoms. The highest BCUT2D eigenvalue weighted by Crippen LogP contribution is 2.36. The molecule has 0 aliphatic heterocycles. The van der Waals surface area contributed by atoms with Crippen LogP contribution in [0, 0.1) is 25.3 Å². The average Bonchev–Trinajstić information content (AvgIpc) is 2.58. The zero-order valence-corrected chi connectivity index (χ0v) is 18.3. The van der Waals surface area contributed by atoms with Gasteiger partial charge in [0, 0.05) is 18.3 Å². The van der Waals surface area contributed by atoms with Crippen LogP contribution in [0.5, 0.6) is 5.75 Å². The summed E-state index contributed by atoms with van der Waals surface area (Å²) in [6.45, 7) is 4.18. The van der Waals surface area contributed by atoms with Crippen LogP contribution in [-0.4, -0.2) is 18.7 Å². The van der Waals surface area contributed by atoms with E-state index < -0.39 is 5.82 Å². The van der Waals surface area contributed by atoms with E-state index >= 15 is 0 Å². The zero-order valence-electron chi connectivity index (χ0n) is 13.2. The van der Waals surface area contributed by atoms with Gasteiger partial charge in [-0.2, -0.15) is 0 Å². The molecule has 0 unspecified atom stereocenters. The molecule has 0 N–H and O–H groups in total. The zero-order chi connectivity index (χ0) is 18.6. The fraction of sp³-hybridized carbons (Fsp3) is 0.167. The molecular weight excluding hydrogens is 570 g/mol. The van der Waals surface area contributed by atoms with E-state index in [9.17, 15) is 4.39 Å². The van der Waals surface area contributed by atoms with Crippen LogP contribution in [-0.2, 0) is 11.3 Å². The van der Waals surface area contributed by atoms with Gasteiger partial charge in [0.1, 0.15) is 0 Å². The Kier molecular flexibility index (Phi) is 7.49. The standard InChI is InChI=1S/C18H13ClFI2NO2/c1-4-10(2)8-25-9-15-13(21)7-14(22)17(23-15)11-5-6-12(19)18(24-3)16(11)20/h1,5-7H,2,8-9H2,3H3. The van der Waals surface area contributed by atoms with E-state index in [2.05, 4.69) is 62.7 Å². The maximum Gasteiger partial charge on any atom is 0.176 e. The molecule has 0 saturated heterocycles. The predicted molar refractivity (Wildman–Crippen MR) is 114 cm³/mol. The predicted octanol–water partition coefficient (Wildman–Crippen LogP) is 5.46. The molecule has 0 bridgehead atoms. The molecule has 0 amide bonds. The van der Waals surface area contributed by atoms with Crippen molar-refractivity contribution < 1.29 is 13.9 Å². The highest BCUT2D eigenvalue weighted by Gasteiger charge is 2.19. The van der Waals surface area contributed by atoms with Gasteiger partial charge in [0.25, 0.3) is 0 Å². The number of benzene rings is 1. The Labute approximate surface area is 178 Å². The maximum atomic E-state index is 14.7. The van der Waals surface area contributed by atoms with Crippen molar-refractivity contribution in [2.24, 2.45) is 0 Å². The minimum atomic E-state index is -0.547. The number of rotatable bonds is 6. The number of aromatic nitrogens is 1. The van der Waals surface area contributed by atoms with Crippen molar-refractivity contribution in [1.29, 1.82) is 0 Å². The monoisotopic (exact) mass is 583 g/mol. The Hall–Kier alpha value is -0.890. The van der Waals surface area contributed by atoms with Crippen LogP contribution >= 0.6 is 56.8 Å². The molecule has 130 valence electrons. The molecule has 2 aromatic rings. The number of pyridine rings is 1. The van der Waals surface area contributed by atoms with E-state index in [0.29, 0.717) is 22.5 Å². The fourth-order valence-electron chi connectivity index (χ4n) is 2.01. The topological polar surface area (TPSA) is 31.4 Å². The van der Waals surface area contributed by atoms with Gasteiger partial charge < -0.3 is 9.47 Å². The van der Waals surface area contributed by atoms with Crippen LogP contribution < -0.4 is 4.74 Å². The number of ether oxygens (including phenoxy) is 2. The molecule has 0 aliphatic rings. The van der Waals surface area contributed by atoms with Crippen molar-refractivity contribution in [1.82, 2.24) is 4.98 Å². The molecule has 1 aromatic carbocycles. The molecule has 0 atom stereocenters. The lowest BCUT2D eigenvalue weighted by Crippen LogP contribution is -2.04. The smallest absolute Gasteiger partial charge is 0.176 e. The van der Waals surface area contributed by atoms with Crippen LogP contribution in [0.2, 0.25) is 5.02 Å². The molecule has 0 saturated carbocycles. The molecule has 0 spiro atoms. The summed E-state index contributed by atoms with van der Waals surface area (Å²) in [4.78, 5) is 4.57. The number of hydrogen-bond acceptors (Lipinski definition) is 3. The van der Waals surface area contributed by atoms with Gasteiger partial charge in [-0.1, -0.05) is 24.1 Å². The normalized spacial score (nSPS) is 10.4. The second-order valence-electron chi connectivity index (χ2n) is 4.93. The Balaban J connectivity index is 2.41. The Bertz CT molecular complexity index is 865. The van der Waals surface area contributed by atoms with Crippen LogP contribution in [0.15, 0.2) is 30.4 Å². The van der Waals surface area contributed by atoms with Gasteiger partial charge in [-0.05, 0) is 63.4 Å². The summed E-state index contributed by atoms with van der Waals surface area (Å²) >= 11 is 10.3. The third kappa shape index (κ3) is 4.84. The first-order chi connectivity index (χ1) is 11.9. The molecule has 1 aromatic heterocycles. The van der Waals surface area contributed by atoms with E-state index in [0.717, 1.165) is 7.14 Å². The molecular formula is C18H13ClFI2NO2. The quantitative estimate of drug-likeness (QED) is 0.334. The van der Waals surface area contributed by atoms with E-state index in [-0.39, 0.29) is 24.0 Å². The molecule has 1 heterocycles. The van der Waals surface area contributed by atoms with Crippen LogP contribution in [0.4, 0.5) is 4.39 Å². The summed E-state index contributed by atoms with van der Waals surface area (Å²) in [5.74, 6) is 1.87. The molecule has 2 rings (SSSR count). The van der Waals surface area contributed by atoms with Crippen molar-refractivity contribution in [3.05, 3.63) is 54.0 Å². The lowest BCUT2D eigenvalue weighted by molar-refractivity contribution is 0.142. The van der Waals surface area contributed by atoms with Gasteiger partial charge in [-0.25, -0.2) is 9.37 Å². The first-order valence-electron chi connectivity index (χ1n) is 6.98. The number of methoxy groups -OCH3 is 1. The third-order valence-electron chi connectivity index (χ3n) is 3.23. The Morgan fingerprint density at radius 3 is 2.76 bits per heavy atom. The van der Waals surface area contributed by atoms with Gasteiger partial charge in [0.05, 0.1) is 36.7 Å². The summed E-state index contributed by atoms with van der Waals surface area (Å²) < 4.78 is 27.0. The number of terminal acetylenes is 1. The lowest BCUT2D eigenvalue weighted by Gasteiger charge is -2.13. The van der Waals surface area contributed by atoms with E-state index in [1.807, 2.05) is 6.07 Å². The van der Waals surface area contributed by atoms with E-state index in [1.165, 1.54) is 7.11 Å². The number of halogens is 4. The first-order valence-corrected chi connectivity index (χ1v) is 9.52. The minimum absolute atomic E-state index is 0.00145. The van der Waals surface area contributed by atoms with Crippen molar-refractivity contribution in [2.75, 3.05) is 13.7 Å². The summed E-state index contributed by atoms with van der Waals surface area (Å²) in [5.41, 5.74) is 2.06. The largest absolute Gasteiger partial charge is 0.492 e. The minimum Gasteiger partial charge on any atom is -0.492 e. The number of hydrogen-bond donors (Lipinski definition) is 0. The summed E-state index contributed by atoms with van der Waals surface area (Å²) in [6, 6.07) is 5.09. The lowest BCUT2D eigenvalue weighted by atomic mass is 10.1. The van der Waals surface area contributed by atoms with E-state index in [1.54, 1.807) is 12.1 Å². The highest BCUT2D eigenvalue weighted by molar-refractivity contribution is 14.1. The van der Waals surface area contributed by atoms with Crippen molar-refractivity contribution in [3.8, 4) is 29.4 Å². The van der Waals surface area contributed by atoms with Crippen molar-refractivity contribution >= 4 is 56.8 Å². The Morgan fingerprint density at radius 1 is 1.40 bits per heavy atom.